The number of nitrogens with one attached hydrogen (secondary N) is 1. The number of rotatable bonds is 4. The van der Waals surface area contributed by atoms with Gasteiger partial charge < -0.3 is 16.2 Å². The highest BCUT2D eigenvalue weighted by Crippen LogP contribution is 2.26. The van der Waals surface area contributed by atoms with Crippen LogP contribution in [0.25, 0.3) is 0 Å². The van der Waals surface area contributed by atoms with Crippen molar-refractivity contribution in [2.45, 2.75) is 51.2 Å². The molecule has 0 saturated carbocycles. The van der Waals surface area contributed by atoms with Gasteiger partial charge in [0, 0.05) is 12.6 Å². The van der Waals surface area contributed by atoms with Gasteiger partial charge in [-0.15, -0.1) is 0 Å². The Bertz CT molecular complexity index is 169. The van der Waals surface area contributed by atoms with Gasteiger partial charge in [0.15, 0.2) is 0 Å². The molecule has 0 bridgehead atoms. The lowest BCUT2D eigenvalue weighted by Crippen LogP contribution is -2.57. The van der Waals surface area contributed by atoms with Gasteiger partial charge in [-0.3, -0.25) is 0 Å². The van der Waals surface area contributed by atoms with Gasteiger partial charge in [0.25, 0.3) is 0 Å². The van der Waals surface area contributed by atoms with Gasteiger partial charge in [-0.2, -0.15) is 0 Å². The van der Waals surface area contributed by atoms with Gasteiger partial charge in [0.1, 0.15) is 0 Å². The van der Waals surface area contributed by atoms with E-state index in [1.165, 1.54) is 12.8 Å². The van der Waals surface area contributed by atoms with Crippen molar-refractivity contribution in [3.63, 3.8) is 0 Å². The molecule has 1 aliphatic rings. The maximum Gasteiger partial charge on any atom is 0.0918 e. The average Bonchev–Trinajstić information content (AvgIpc) is 2.28. The first-order chi connectivity index (χ1) is 6.66. The second-order valence-electron chi connectivity index (χ2n) is 4.47. The van der Waals surface area contributed by atoms with E-state index in [2.05, 4.69) is 12.2 Å². The summed E-state index contributed by atoms with van der Waals surface area (Å²) < 4.78 is 0. The highest BCUT2D eigenvalue weighted by Gasteiger charge is 2.36. The molecule has 1 rings (SSSR count). The van der Waals surface area contributed by atoms with Crippen molar-refractivity contribution in [3.8, 4) is 0 Å². The van der Waals surface area contributed by atoms with Crippen LogP contribution >= 0.6 is 0 Å². The van der Waals surface area contributed by atoms with Crippen LogP contribution in [0.1, 0.15) is 39.5 Å². The SMILES string of the molecule is CCC1CCNC(C(O)(CC)CN)C1. The van der Waals surface area contributed by atoms with Gasteiger partial charge in [0.2, 0.25) is 0 Å². The number of aliphatic hydroxyl groups is 1. The minimum absolute atomic E-state index is 0.191. The Kier molecular flexibility index (Phi) is 4.35. The van der Waals surface area contributed by atoms with Crippen LogP contribution in [0.15, 0.2) is 0 Å². The summed E-state index contributed by atoms with van der Waals surface area (Å²) in [7, 11) is 0. The van der Waals surface area contributed by atoms with Crippen molar-refractivity contribution >= 4 is 0 Å². The third-order valence-electron chi connectivity index (χ3n) is 3.70. The van der Waals surface area contributed by atoms with Crippen molar-refractivity contribution in [2.24, 2.45) is 11.7 Å². The Labute approximate surface area is 87.1 Å². The van der Waals surface area contributed by atoms with Crippen LogP contribution in [0.4, 0.5) is 0 Å². The van der Waals surface area contributed by atoms with Crippen molar-refractivity contribution < 1.29 is 5.11 Å². The highest BCUT2D eigenvalue weighted by atomic mass is 16.3. The van der Waals surface area contributed by atoms with Gasteiger partial charge >= 0.3 is 0 Å². The first-order valence-corrected chi connectivity index (χ1v) is 5.82. The molecule has 0 spiro atoms. The largest absolute Gasteiger partial charge is 0.387 e. The molecule has 0 aromatic carbocycles. The summed E-state index contributed by atoms with van der Waals surface area (Å²) in [4.78, 5) is 0. The summed E-state index contributed by atoms with van der Waals surface area (Å²) in [5.41, 5.74) is 4.94. The Morgan fingerprint density at radius 2 is 2.21 bits per heavy atom. The normalized spacial score (nSPS) is 32.6. The van der Waals surface area contributed by atoms with E-state index in [1.54, 1.807) is 0 Å². The zero-order valence-electron chi connectivity index (χ0n) is 9.42. The Morgan fingerprint density at radius 3 is 2.71 bits per heavy atom. The molecule has 3 nitrogen and oxygen atoms in total. The van der Waals surface area contributed by atoms with E-state index in [9.17, 15) is 5.11 Å². The van der Waals surface area contributed by atoms with Crippen molar-refractivity contribution in [2.75, 3.05) is 13.1 Å². The van der Waals surface area contributed by atoms with Crippen molar-refractivity contribution in [1.82, 2.24) is 5.32 Å². The van der Waals surface area contributed by atoms with E-state index < -0.39 is 5.60 Å². The fraction of sp³-hybridized carbons (Fsp3) is 1.00. The molecule has 0 aromatic rings. The molecule has 84 valence electrons. The zero-order valence-corrected chi connectivity index (χ0v) is 9.42. The number of hydrogen-bond acceptors (Lipinski definition) is 3. The van der Waals surface area contributed by atoms with E-state index in [-0.39, 0.29) is 6.04 Å². The predicted octanol–water partition coefficient (Wildman–Crippen LogP) is 0.864. The summed E-state index contributed by atoms with van der Waals surface area (Å²) in [6, 6.07) is 0.191. The lowest BCUT2D eigenvalue weighted by Gasteiger charge is -2.40. The second-order valence-corrected chi connectivity index (χ2v) is 4.47. The first kappa shape index (κ1) is 12.0. The quantitative estimate of drug-likeness (QED) is 0.631. The standard InChI is InChI=1S/C11H24N2O/c1-3-9-5-6-13-10(7-9)11(14,4-2)8-12/h9-10,13-14H,3-8,12H2,1-2H3. The number of hydrogen-bond donors (Lipinski definition) is 3. The Hall–Kier alpha value is -0.120. The van der Waals surface area contributed by atoms with Crippen LogP contribution in [-0.4, -0.2) is 29.8 Å². The number of nitrogens with two attached hydrogens (primary N) is 1. The van der Waals surface area contributed by atoms with Crippen LogP contribution in [-0.2, 0) is 0 Å². The van der Waals surface area contributed by atoms with Gasteiger partial charge in [-0.1, -0.05) is 20.3 Å². The highest BCUT2D eigenvalue weighted by molar-refractivity contribution is 4.94. The van der Waals surface area contributed by atoms with Crippen LogP contribution in [0.2, 0.25) is 0 Å². The molecule has 1 saturated heterocycles. The molecular weight excluding hydrogens is 176 g/mol. The van der Waals surface area contributed by atoms with Crippen molar-refractivity contribution in [1.29, 1.82) is 0 Å². The van der Waals surface area contributed by atoms with E-state index in [0.29, 0.717) is 6.54 Å². The molecule has 3 heteroatoms. The molecule has 1 heterocycles. The van der Waals surface area contributed by atoms with E-state index in [1.807, 2.05) is 6.92 Å². The fourth-order valence-electron chi connectivity index (χ4n) is 2.31. The number of piperidine rings is 1. The minimum atomic E-state index is -0.701. The molecule has 0 radical (unpaired) electrons. The van der Waals surface area contributed by atoms with Crippen LogP contribution in [0.3, 0.4) is 0 Å². The van der Waals surface area contributed by atoms with Crippen LogP contribution < -0.4 is 11.1 Å². The van der Waals surface area contributed by atoms with Crippen LogP contribution in [0, 0.1) is 5.92 Å². The monoisotopic (exact) mass is 200 g/mol. The maximum absolute atomic E-state index is 10.3. The van der Waals surface area contributed by atoms with Gasteiger partial charge in [-0.05, 0) is 31.7 Å². The van der Waals surface area contributed by atoms with E-state index >= 15 is 0 Å². The molecule has 1 fully saturated rings. The Morgan fingerprint density at radius 1 is 1.50 bits per heavy atom. The molecule has 4 N–H and O–H groups in total. The third kappa shape index (κ3) is 2.47. The molecular formula is C11H24N2O. The smallest absolute Gasteiger partial charge is 0.0918 e. The summed E-state index contributed by atoms with van der Waals surface area (Å²) in [5, 5.41) is 13.7. The lowest BCUT2D eigenvalue weighted by atomic mass is 9.80. The average molecular weight is 200 g/mol. The molecule has 0 aliphatic carbocycles. The molecule has 0 aromatic heterocycles. The summed E-state index contributed by atoms with van der Waals surface area (Å²) in [6.07, 6.45) is 4.25. The van der Waals surface area contributed by atoms with E-state index in [4.69, 9.17) is 5.73 Å². The second kappa shape index (κ2) is 5.10. The fourth-order valence-corrected chi connectivity index (χ4v) is 2.31. The van der Waals surface area contributed by atoms with Crippen molar-refractivity contribution in [3.05, 3.63) is 0 Å². The third-order valence-corrected chi connectivity index (χ3v) is 3.70. The van der Waals surface area contributed by atoms with Crippen LogP contribution in [0.5, 0.6) is 0 Å². The molecule has 14 heavy (non-hydrogen) atoms. The Balaban J connectivity index is 2.57. The summed E-state index contributed by atoms with van der Waals surface area (Å²) in [5.74, 6) is 0.755. The topological polar surface area (TPSA) is 58.3 Å². The molecule has 0 amide bonds. The molecule has 3 atom stereocenters. The van der Waals surface area contributed by atoms with Gasteiger partial charge in [0.05, 0.1) is 5.60 Å². The van der Waals surface area contributed by atoms with Gasteiger partial charge in [-0.25, -0.2) is 0 Å². The predicted molar refractivity (Wildman–Crippen MR) is 59.1 cm³/mol. The zero-order chi connectivity index (χ0) is 10.6. The summed E-state index contributed by atoms with van der Waals surface area (Å²) >= 11 is 0. The minimum Gasteiger partial charge on any atom is -0.387 e. The molecule has 3 unspecified atom stereocenters. The first-order valence-electron chi connectivity index (χ1n) is 5.82. The maximum atomic E-state index is 10.3. The van der Waals surface area contributed by atoms with E-state index in [0.717, 1.165) is 25.3 Å². The summed E-state index contributed by atoms with van der Waals surface area (Å²) in [6.45, 7) is 5.60. The molecule has 1 aliphatic heterocycles. The lowest BCUT2D eigenvalue weighted by molar-refractivity contribution is -0.0104.